The molecule has 1 fully saturated rings. The van der Waals surface area contributed by atoms with Crippen LogP contribution in [0, 0.1) is 6.92 Å². The zero-order valence-corrected chi connectivity index (χ0v) is 13.0. The number of hydrogen-bond donors (Lipinski definition) is 1. The van der Waals surface area contributed by atoms with Gasteiger partial charge >= 0.3 is 0 Å². The van der Waals surface area contributed by atoms with Gasteiger partial charge in [0.15, 0.2) is 5.76 Å². The first-order chi connectivity index (χ1) is 10.7. The standard InChI is InChI=1S/C17H21N3O2/c1-12-14(5-6-15(19-12)16-4-3-11-22-16)17(21)20-9-7-13(18-2)8-10-20/h3-6,11,13,18H,7-10H2,1-2H3. The number of amides is 1. The van der Waals surface area contributed by atoms with Crippen LogP contribution in [0.3, 0.4) is 0 Å². The van der Waals surface area contributed by atoms with Crippen molar-refractivity contribution >= 4 is 5.91 Å². The minimum Gasteiger partial charge on any atom is -0.463 e. The molecular weight excluding hydrogens is 278 g/mol. The number of carbonyl (C=O) groups is 1. The molecule has 5 nitrogen and oxygen atoms in total. The molecule has 0 unspecified atom stereocenters. The summed E-state index contributed by atoms with van der Waals surface area (Å²) in [5.74, 6) is 0.794. The van der Waals surface area contributed by atoms with E-state index in [2.05, 4.69) is 10.3 Å². The van der Waals surface area contributed by atoms with E-state index in [0.29, 0.717) is 11.6 Å². The third kappa shape index (κ3) is 2.90. The van der Waals surface area contributed by atoms with Crippen molar-refractivity contribution in [3.05, 3.63) is 41.8 Å². The lowest BCUT2D eigenvalue weighted by Crippen LogP contribution is -2.44. The third-order valence-corrected chi connectivity index (χ3v) is 4.28. The van der Waals surface area contributed by atoms with Crippen LogP contribution in [0.1, 0.15) is 28.9 Å². The average molecular weight is 299 g/mol. The van der Waals surface area contributed by atoms with Crippen molar-refractivity contribution < 1.29 is 9.21 Å². The van der Waals surface area contributed by atoms with Crippen molar-refractivity contribution in [3.63, 3.8) is 0 Å². The zero-order valence-electron chi connectivity index (χ0n) is 13.0. The van der Waals surface area contributed by atoms with Gasteiger partial charge < -0.3 is 14.6 Å². The Hall–Kier alpha value is -2.14. The Bertz CT molecular complexity index is 644. The van der Waals surface area contributed by atoms with E-state index in [9.17, 15) is 4.79 Å². The SMILES string of the molecule is CNC1CCN(C(=O)c2ccc(-c3ccco3)nc2C)CC1. The number of aryl methyl sites for hydroxylation is 1. The summed E-state index contributed by atoms with van der Waals surface area (Å²) in [4.78, 5) is 19.1. The van der Waals surface area contributed by atoms with Crippen molar-refractivity contribution in [1.82, 2.24) is 15.2 Å². The van der Waals surface area contributed by atoms with E-state index in [1.165, 1.54) is 0 Å². The van der Waals surface area contributed by atoms with Crippen LogP contribution < -0.4 is 5.32 Å². The normalized spacial score (nSPS) is 16.0. The fourth-order valence-electron chi connectivity index (χ4n) is 2.89. The highest BCUT2D eigenvalue weighted by molar-refractivity contribution is 5.95. The van der Waals surface area contributed by atoms with Gasteiger partial charge in [-0.2, -0.15) is 0 Å². The van der Waals surface area contributed by atoms with Crippen LogP contribution in [0.4, 0.5) is 0 Å². The number of furan rings is 1. The molecule has 2 aromatic rings. The third-order valence-electron chi connectivity index (χ3n) is 4.28. The van der Waals surface area contributed by atoms with E-state index in [1.807, 2.05) is 43.1 Å². The number of piperidine rings is 1. The lowest BCUT2D eigenvalue weighted by atomic mass is 10.0. The van der Waals surface area contributed by atoms with Crippen molar-refractivity contribution in [2.75, 3.05) is 20.1 Å². The van der Waals surface area contributed by atoms with Crippen LogP contribution in [0.15, 0.2) is 34.9 Å². The molecule has 2 aromatic heterocycles. The van der Waals surface area contributed by atoms with Gasteiger partial charge in [-0.25, -0.2) is 4.98 Å². The predicted molar refractivity (Wildman–Crippen MR) is 84.7 cm³/mol. The zero-order chi connectivity index (χ0) is 15.5. The van der Waals surface area contributed by atoms with Gasteiger partial charge in [0.1, 0.15) is 5.69 Å². The van der Waals surface area contributed by atoms with E-state index in [4.69, 9.17) is 4.42 Å². The number of pyridine rings is 1. The summed E-state index contributed by atoms with van der Waals surface area (Å²) < 4.78 is 5.35. The number of likely N-dealkylation sites (tertiary alicyclic amines) is 1. The highest BCUT2D eigenvalue weighted by atomic mass is 16.3. The van der Waals surface area contributed by atoms with Gasteiger partial charge in [-0.05, 0) is 51.1 Å². The Labute approximate surface area is 130 Å². The lowest BCUT2D eigenvalue weighted by molar-refractivity contribution is 0.0706. The highest BCUT2D eigenvalue weighted by Crippen LogP contribution is 2.21. The quantitative estimate of drug-likeness (QED) is 0.946. The molecule has 3 heterocycles. The van der Waals surface area contributed by atoms with Crippen molar-refractivity contribution in [1.29, 1.82) is 0 Å². The number of nitrogens with zero attached hydrogens (tertiary/aromatic N) is 2. The monoisotopic (exact) mass is 299 g/mol. The predicted octanol–water partition coefficient (Wildman–Crippen LogP) is 2.47. The van der Waals surface area contributed by atoms with E-state index >= 15 is 0 Å². The molecule has 116 valence electrons. The molecule has 0 spiro atoms. The van der Waals surface area contributed by atoms with Gasteiger partial charge in [-0.15, -0.1) is 0 Å². The van der Waals surface area contributed by atoms with Crippen LogP contribution in [0.5, 0.6) is 0 Å². The summed E-state index contributed by atoms with van der Waals surface area (Å²) >= 11 is 0. The Morgan fingerprint density at radius 2 is 2.09 bits per heavy atom. The molecule has 0 bridgehead atoms. The molecule has 1 N–H and O–H groups in total. The van der Waals surface area contributed by atoms with Gasteiger partial charge in [-0.1, -0.05) is 0 Å². The van der Waals surface area contributed by atoms with Gasteiger partial charge in [0.2, 0.25) is 0 Å². The minimum absolute atomic E-state index is 0.0746. The summed E-state index contributed by atoms with van der Waals surface area (Å²) in [6.07, 6.45) is 3.62. The molecule has 22 heavy (non-hydrogen) atoms. The number of rotatable bonds is 3. The Morgan fingerprint density at radius 3 is 2.68 bits per heavy atom. The van der Waals surface area contributed by atoms with E-state index in [-0.39, 0.29) is 5.91 Å². The maximum atomic E-state index is 12.7. The highest BCUT2D eigenvalue weighted by Gasteiger charge is 2.24. The fraction of sp³-hybridized carbons (Fsp3) is 0.412. The summed E-state index contributed by atoms with van der Waals surface area (Å²) in [6.45, 7) is 3.47. The van der Waals surface area contributed by atoms with Gasteiger partial charge in [-0.3, -0.25) is 4.79 Å². The number of nitrogens with one attached hydrogen (secondary N) is 1. The second-order valence-electron chi connectivity index (χ2n) is 5.66. The Morgan fingerprint density at radius 1 is 1.32 bits per heavy atom. The van der Waals surface area contributed by atoms with Crippen LogP contribution in [0.2, 0.25) is 0 Å². The summed E-state index contributed by atoms with van der Waals surface area (Å²) in [5, 5.41) is 3.28. The molecule has 3 rings (SSSR count). The first kappa shape index (κ1) is 14.8. The van der Waals surface area contributed by atoms with E-state index in [1.54, 1.807) is 6.26 Å². The average Bonchev–Trinajstić information content (AvgIpc) is 3.09. The molecule has 0 aromatic carbocycles. The molecule has 5 heteroatoms. The van der Waals surface area contributed by atoms with Gasteiger partial charge in [0.05, 0.1) is 17.5 Å². The number of hydrogen-bond acceptors (Lipinski definition) is 4. The Balaban J connectivity index is 1.76. The molecule has 1 aliphatic rings. The van der Waals surface area contributed by atoms with Crippen molar-refractivity contribution in [2.24, 2.45) is 0 Å². The van der Waals surface area contributed by atoms with E-state index < -0.39 is 0 Å². The first-order valence-electron chi connectivity index (χ1n) is 7.67. The molecule has 1 aliphatic heterocycles. The van der Waals surface area contributed by atoms with Crippen molar-refractivity contribution in [2.45, 2.75) is 25.8 Å². The Kier molecular flexibility index (Phi) is 4.24. The van der Waals surface area contributed by atoms with Crippen LogP contribution in [0.25, 0.3) is 11.5 Å². The molecular formula is C17H21N3O2. The maximum Gasteiger partial charge on any atom is 0.255 e. The van der Waals surface area contributed by atoms with Crippen LogP contribution in [-0.4, -0.2) is 42.0 Å². The molecule has 0 saturated carbocycles. The summed E-state index contributed by atoms with van der Waals surface area (Å²) in [7, 11) is 1.98. The molecule has 0 atom stereocenters. The van der Waals surface area contributed by atoms with Crippen molar-refractivity contribution in [3.8, 4) is 11.5 Å². The molecule has 1 saturated heterocycles. The minimum atomic E-state index is 0.0746. The second kappa shape index (κ2) is 6.32. The second-order valence-corrected chi connectivity index (χ2v) is 5.66. The fourth-order valence-corrected chi connectivity index (χ4v) is 2.89. The van der Waals surface area contributed by atoms with Gasteiger partial charge in [0.25, 0.3) is 5.91 Å². The smallest absolute Gasteiger partial charge is 0.255 e. The molecule has 1 amide bonds. The maximum absolute atomic E-state index is 12.7. The van der Waals surface area contributed by atoms with Crippen LogP contribution in [-0.2, 0) is 0 Å². The first-order valence-corrected chi connectivity index (χ1v) is 7.67. The summed E-state index contributed by atoms with van der Waals surface area (Å²) in [6, 6.07) is 7.92. The molecule has 0 radical (unpaired) electrons. The molecule has 0 aliphatic carbocycles. The van der Waals surface area contributed by atoms with Gasteiger partial charge in [0, 0.05) is 19.1 Å². The lowest BCUT2D eigenvalue weighted by Gasteiger charge is -2.32. The number of carbonyl (C=O) groups excluding carboxylic acids is 1. The number of aromatic nitrogens is 1. The topological polar surface area (TPSA) is 58.4 Å². The summed E-state index contributed by atoms with van der Waals surface area (Å²) in [5.41, 5.74) is 2.18. The van der Waals surface area contributed by atoms with E-state index in [0.717, 1.165) is 43.1 Å². The largest absolute Gasteiger partial charge is 0.463 e. The van der Waals surface area contributed by atoms with Crippen LogP contribution >= 0.6 is 0 Å².